The summed E-state index contributed by atoms with van der Waals surface area (Å²) in [4.78, 5) is 1.19. The van der Waals surface area contributed by atoms with Gasteiger partial charge in [-0.25, -0.2) is 0 Å². The fourth-order valence-electron chi connectivity index (χ4n) is 1.12. The Morgan fingerprint density at radius 1 is 1.31 bits per heavy atom. The van der Waals surface area contributed by atoms with E-state index >= 15 is 0 Å². The van der Waals surface area contributed by atoms with Crippen LogP contribution in [0.15, 0.2) is 12.1 Å². The van der Waals surface area contributed by atoms with Crippen molar-refractivity contribution in [3.05, 3.63) is 21.3 Å². The van der Waals surface area contributed by atoms with Crippen molar-refractivity contribution in [3.8, 4) is 0 Å². The normalized spacial score (nSPS) is 13.6. The molecule has 0 bridgehead atoms. The van der Waals surface area contributed by atoms with E-state index in [9.17, 15) is 0 Å². The van der Waals surface area contributed by atoms with E-state index in [0.717, 1.165) is 16.7 Å². The summed E-state index contributed by atoms with van der Waals surface area (Å²) < 4.78 is 0.824. The second-order valence-electron chi connectivity index (χ2n) is 3.58. The molecule has 0 aliphatic rings. The number of halogens is 2. The Balaban J connectivity index is 2.44. The van der Waals surface area contributed by atoms with Gasteiger partial charge in [-0.3, -0.25) is 0 Å². The summed E-state index contributed by atoms with van der Waals surface area (Å²) in [6.45, 7) is 4.43. The van der Waals surface area contributed by atoms with Crippen LogP contribution in [-0.4, -0.2) is 0 Å². The van der Waals surface area contributed by atoms with Crippen molar-refractivity contribution in [2.24, 2.45) is 5.92 Å². The SMILES string of the molecule is CC(C)CCC(Cl)c1ccc(Cl)s1. The molecule has 0 spiro atoms. The lowest BCUT2D eigenvalue weighted by molar-refractivity contribution is 0.551. The van der Waals surface area contributed by atoms with E-state index in [1.165, 1.54) is 11.3 Å². The molecule has 0 amide bonds. The molecule has 1 aromatic rings. The highest BCUT2D eigenvalue weighted by molar-refractivity contribution is 7.16. The Hall–Kier alpha value is 0.280. The topological polar surface area (TPSA) is 0 Å². The molecular formula is C10H14Cl2S. The van der Waals surface area contributed by atoms with Crippen LogP contribution in [0.3, 0.4) is 0 Å². The standard InChI is InChI=1S/C10H14Cl2S/c1-7(2)3-4-8(11)9-5-6-10(12)13-9/h5-8H,3-4H2,1-2H3. The van der Waals surface area contributed by atoms with Crippen molar-refractivity contribution in [2.45, 2.75) is 32.1 Å². The van der Waals surface area contributed by atoms with Gasteiger partial charge in [0.05, 0.1) is 9.71 Å². The van der Waals surface area contributed by atoms with Gasteiger partial charge in [0.15, 0.2) is 0 Å². The molecule has 1 atom stereocenters. The van der Waals surface area contributed by atoms with Gasteiger partial charge < -0.3 is 0 Å². The van der Waals surface area contributed by atoms with Gasteiger partial charge in [0.1, 0.15) is 0 Å². The van der Waals surface area contributed by atoms with Crippen LogP contribution >= 0.6 is 34.5 Å². The molecule has 0 nitrogen and oxygen atoms in total. The third-order valence-electron chi connectivity index (χ3n) is 1.90. The fourth-order valence-corrected chi connectivity index (χ4v) is 2.52. The first-order valence-corrected chi connectivity index (χ1v) is 6.12. The summed E-state index contributed by atoms with van der Waals surface area (Å²) in [5, 5.41) is 0.139. The zero-order chi connectivity index (χ0) is 9.84. The highest BCUT2D eigenvalue weighted by Crippen LogP contribution is 2.34. The molecule has 3 heteroatoms. The Labute approximate surface area is 93.9 Å². The van der Waals surface area contributed by atoms with Crippen molar-refractivity contribution in [2.75, 3.05) is 0 Å². The van der Waals surface area contributed by atoms with Gasteiger partial charge in [-0.1, -0.05) is 25.4 Å². The van der Waals surface area contributed by atoms with E-state index in [2.05, 4.69) is 13.8 Å². The summed E-state index contributed by atoms with van der Waals surface area (Å²) in [5.74, 6) is 0.719. The lowest BCUT2D eigenvalue weighted by Crippen LogP contribution is -1.92. The van der Waals surface area contributed by atoms with Gasteiger partial charge in [0.25, 0.3) is 0 Å². The largest absolute Gasteiger partial charge is 0.127 e. The van der Waals surface area contributed by atoms with Crippen molar-refractivity contribution in [1.29, 1.82) is 0 Å². The maximum atomic E-state index is 6.22. The summed E-state index contributed by atoms with van der Waals surface area (Å²) in [7, 11) is 0. The van der Waals surface area contributed by atoms with E-state index in [1.54, 1.807) is 11.3 Å². The molecule has 13 heavy (non-hydrogen) atoms. The van der Waals surface area contributed by atoms with Crippen molar-refractivity contribution < 1.29 is 0 Å². The van der Waals surface area contributed by atoms with Crippen LogP contribution in [-0.2, 0) is 0 Å². The maximum absolute atomic E-state index is 6.22. The molecule has 0 aromatic carbocycles. The molecule has 1 unspecified atom stereocenters. The molecule has 1 rings (SSSR count). The lowest BCUT2D eigenvalue weighted by atomic mass is 10.1. The number of alkyl halides is 1. The van der Waals surface area contributed by atoms with Crippen LogP contribution in [0.4, 0.5) is 0 Å². The van der Waals surface area contributed by atoms with Gasteiger partial charge in [-0.15, -0.1) is 22.9 Å². The van der Waals surface area contributed by atoms with Gasteiger partial charge in [0.2, 0.25) is 0 Å². The Bertz CT molecular complexity index is 255. The maximum Gasteiger partial charge on any atom is 0.0931 e. The summed E-state index contributed by atoms with van der Waals surface area (Å²) >= 11 is 13.6. The predicted octanol–water partition coefficient (Wildman–Crippen LogP) is 5.12. The average molecular weight is 237 g/mol. The molecule has 0 radical (unpaired) electrons. The first-order chi connectivity index (χ1) is 6.09. The Kier molecular flexibility index (Phi) is 4.57. The molecule has 74 valence electrons. The zero-order valence-electron chi connectivity index (χ0n) is 7.89. The Morgan fingerprint density at radius 3 is 2.46 bits per heavy atom. The first kappa shape index (κ1) is 11.4. The third-order valence-corrected chi connectivity index (χ3v) is 3.83. The van der Waals surface area contributed by atoms with Crippen LogP contribution in [0.25, 0.3) is 0 Å². The number of rotatable bonds is 4. The number of hydrogen-bond donors (Lipinski definition) is 0. The summed E-state index contributed by atoms with van der Waals surface area (Å²) in [5.41, 5.74) is 0. The quantitative estimate of drug-likeness (QED) is 0.637. The van der Waals surface area contributed by atoms with Crippen LogP contribution in [0.1, 0.15) is 36.9 Å². The predicted molar refractivity (Wildman–Crippen MR) is 62.0 cm³/mol. The van der Waals surface area contributed by atoms with Crippen LogP contribution in [0.5, 0.6) is 0 Å². The highest BCUT2D eigenvalue weighted by atomic mass is 35.5. The minimum absolute atomic E-state index is 0.139. The number of hydrogen-bond acceptors (Lipinski definition) is 1. The molecule has 1 aromatic heterocycles. The molecule has 0 aliphatic heterocycles. The molecule has 0 N–H and O–H groups in total. The lowest BCUT2D eigenvalue weighted by Gasteiger charge is -2.08. The smallest absolute Gasteiger partial charge is 0.0931 e. The molecular weight excluding hydrogens is 223 g/mol. The molecule has 0 aliphatic carbocycles. The minimum Gasteiger partial charge on any atom is -0.127 e. The van der Waals surface area contributed by atoms with E-state index in [0.29, 0.717) is 0 Å². The summed E-state index contributed by atoms with van der Waals surface area (Å²) in [6, 6.07) is 3.93. The van der Waals surface area contributed by atoms with Crippen LogP contribution < -0.4 is 0 Å². The molecule has 0 saturated heterocycles. The minimum atomic E-state index is 0.139. The highest BCUT2D eigenvalue weighted by Gasteiger charge is 2.10. The second kappa shape index (κ2) is 5.23. The van der Waals surface area contributed by atoms with E-state index in [-0.39, 0.29) is 5.38 Å². The average Bonchev–Trinajstić information content (AvgIpc) is 2.47. The Morgan fingerprint density at radius 2 is 2.00 bits per heavy atom. The van der Waals surface area contributed by atoms with Crippen LogP contribution in [0, 0.1) is 5.92 Å². The monoisotopic (exact) mass is 236 g/mol. The van der Waals surface area contributed by atoms with Gasteiger partial charge in [0, 0.05) is 4.88 Å². The van der Waals surface area contributed by atoms with E-state index < -0.39 is 0 Å². The van der Waals surface area contributed by atoms with E-state index in [1.807, 2.05) is 12.1 Å². The van der Waals surface area contributed by atoms with Gasteiger partial charge in [-0.05, 0) is 30.9 Å². The van der Waals surface area contributed by atoms with E-state index in [4.69, 9.17) is 23.2 Å². The van der Waals surface area contributed by atoms with Crippen molar-refractivity contribution in [3.63, 3.8) is 0 Å². The van der Waals surface area contributed by atoms with Gasteiger partial charge in [-0.2, -0.15) is 0 Å². The van der Waals surface area contributed by atoms with Crippen molar-refractivity contribution in [1.82, 2.24) is 0 Å². The first-order valence-electron chi connectivity index (χ1n) is 4.49. The molecule has 1 heterocycles. The third kappa shape index (κ3) is 3.88. The molecule has 0 fully saturated rings. The van der Waals surface area contributed by atoms with Crippen molar-refractivity contribution >= 4 is 34.5 Å². The summed E-state index contributed by atoms with van der Waals surface area (Å²) in [6.07, 6.45) is 2.21. The van der Waals surface area contributed by atoms with Crippen LogP contribution in [0.2, 0.25) is 4.34 Å². The second-order valence-corrected chi connectivity index (χ2v) is 5.85. The molecule has 0 saturated carbocycles. The van der Waals surface area contributed by atoms with Gasteiger partial charge >= 0.3 is 0 Å². The fraction of sp³-hybridized carbons (Fsp3) is 0.600. The number of thiophene rings is 1. The zero-order valence-corrected chi connectivity index (χ0v) is 10.2.